The van der Waals surface area contributed by atoms with Crippen molar-refractivity contribution in [2.24, 2.45) is 11.8 Å². The Morgan fingerprint density at radius 3 is 2.81 bits per heavy atom. The van der Waals surface area contributed by atoms with Gasteiger partial charge in [-0.25, -0.2) is 0 Å². The first-order chi connectivity index (χ1) is 15.1. The highest BCUT2D eigenvalue weighted by Gasteiger charge is 2.29. The van der Waals surface area contributed by atoms with Crippen LogP contribution in [0.15, 0.2) is 23.8 Å². The monoisotopic (exact) mass is 424 g/mol. The molecule has 1 unspecified atom stereocenters. The number of nitrogen functional groups attached to an aromatic ring is 1. The fourth-order valence-electron chi connectivity index (χ4n) is 4.82. The maximum atomic E-state index is 12.3. The van der Waals surface area contributed by atoms with Crippen LogP contribution in [0.2, 0.25) is 0 Å². The van der Waals surface area contributed by atoms with Crippen molar-refractivity contribution < 1.29 is 9.53 Å². The van der Waals surface area contributed by atoms with Crippen molar-refractivity contribution in [3.8, 4) is 6.01 Å². The highest BCUT2D eigenvalue weighted by atomic mass is 16.5. The van der Waals surface area contributed by atoms with Crippen LogP contribution >= 0.6 is 0 Å². The number of carbonyl (C=O) groups excluding carboxylic acids is 1. The number of fused-ring (bicyclic) bond motifs is 1. The highest BCUT2D eigenvalue weighted by molar-refractivity contribution is 6.03. The first-order valence-corrected chi connectivity index (χ1v) is 11.6. The van der Waals surface area contributed by atoms with Crippen LogP contribution in [0, 0.1) is 11.8 Å². The fourth-order valence-corrected chi connectivity index (χ4v) is 4.82. The molecule has 1 amide bonds. The van der Waals surface area contributed by atoms with Gasteiger partial charge in [0, 0.05) is 13.1 Å². The molecule has 3 N–H and O–H groups in total. The number of nitrogens with two attached hydrogens (primary N) is 1. The third kappa shape index (κ3) is 4.69. The summed E-state index contributed by atoms with van der Waals surface area (Å²) in [7, 11) is 0. The molecule has 0 radical (unpaired) electrons. The summed E-state index contributed by atoms with van der Waals surface area (Å²) in [6, 6.07) is 0.304. The van der Waals surface area contributed by atoms with Crippen LogP contribution in [0.5, 0.6) is 6.01 Å². The van der Waals surface area contributed by atoms with Gasteiger partial charge in [0.2, 0.25) is 5.91 Å². The Balaban J connectivity index is 1.31. The molecular weight excluding hydrogens is 392 g/mol. The first-order valence-electron chi connectivity index (χ1n) is 11.6. The summed E-state index contributed by atoms with van der Waals surface area (Å²) in [6.45, 7) is 5.00. The zero-order valence-corrected chi connectivity index (χ0v) is 18.1. The maximum Gasteiger partial charge on any atom is 0.320 e. The number of ether oxygens (including phenoxy) is 1. The van der Waals surface area contributed by atoms with Gasteiger partial charge in [0.05, 0.1) is 13.2 Å². The van der Waals surface area contributed by atoms with Gasteiger partial charge in [-0.3, -0.25) is 9.69 Å². The lowest BCUT2D eigenvalue weighted by atomic mass is 9.86. The second-order valence-corrected chi connectivity index (χ2v) is 9.25. The van der Waals surface area contributed by atoms with E-state index in [2.05, 4.69) is 38.4 Å². The Kier molecular flexibility index (Phi) is 5.80. The Morgan fingerprint density at radius 2 is 2.03 bits per heavy atom. The van der Waals surface area contributed by atoms with Gasteiger partial charge in [0.15, 0.2) is 11.6 Å². The molecule has 0 spiro atoms. The molecule has 166 valence electrons. The van der Waals surface area contributed by atoms with E-state index in [-0.39, 0.29) is 18.3 Å². The maximum absolute atomic E-state index is 12.3. The van der Waals surface area contributed by atoms with Crippen LogP contribution in [0.3, 0.4) is 0 Å². The molecule has 8 heteroatoms. The molecule has 1 atom stereocenters. The van der Waals surface area contributed by atoms with Crippen molar-refractivity contribution in [3.63, 3.8) is 0 Å². The third-order valence-corrected chi connectivity index (χ3v) is 6.75. The minimum Gasteiger partial charge on any atom is -0.463 e. The lowest BCUT2D eigenvalue weighted by Gasteiger charge is -2.33. The number of aromatic nitrogens is 2. The summed E-state index contributed by atoms with van der Waals surface area (Å²) < 4.78 is 5.84. The summed E-state index contributed by atoms with van der Waals surface area (Å²) in [6.07, 6.45) is 14.1. The summed E-state index contributed by atoms with van der Waals surface area (Å²) in [5.41, 5.74) is 8.03. The number of carbonyl (C=O) groups is 1. The van der Waals surface area contributed by atoms with Crippen LogP contribution in [-0.2, 0) is 4.79 Å². The number of nitrogens with zero attached hydrogens (tertiary/aromatic N) is 4. The molecular formula is C23H32N6O2. The van der Waals surface area contributed by atoms with Gasteiger partial charge < -0.3 is 20.7 Å². The number of anilines is 3. The van der Waals surface area contributed by atoms with E-state index in [0.717, 1.165) is 13.0 Å². The van der Waals surface area contributed by atoms with Crippen molar-refractivity contribution in [1.82, 2.24) is 14.9 Å². The molecule has 1 saturated carbocycles. The molecule has 0 bridgehead atoms. The topological polar surface area (TPSA) is 96.6 Å². The summed E-state index contributed by atoms with van der Waals surface area (Å²) >= 11 is 0. The van der Waals surface area contributed by atoms with Gasteiger partial charge in [-0.05, 0) is 62.6 Å². The van der Waals surface area contributed by atoms with Crippen molar-refractivity contribution in [3.05, 3.63) is 23.8 Å². The minimum atomic E-state index is -0.0847. The number of rotatable bonds is 7. The van der Waals surface area contributed by atoms with E-state index in [1.165, 1.54) is 50.8 Å². The van der Waals surface area contributed by atoms with E-state index in [1.54, 1.807) is 0 Å². The van der Waals surface area contributed by atoms with Crippen LogP contribution in [0.4, 0.5) is 17.3 Å². The Hall–Kier alpha value is -2.61. The molecule has 8 nitrogen and oxygen atoms in total. The van der Waals surface area contributed by atoms with Gasteiger partial charge in [-0.2, -0.15) is 9.97 Å². The lowest BCUT2D eigenvalue weighted by molar-refractivity contribution is -0.115. The number of nitrogens with one attached hydrogen (secondary N) is 1. The molecule has 5 rings (SSSR count). The smallest absolute Gasteiger partial charge is 0.320 e. The van der Waals surface area contributed by atoms with Crippen molar-refractivity contribution in [2.75, 3.05) is 55.3 Å². The van der Waals surface area contributed by atoms with Crippen LogP contribution < -0.4 is 20.7 Å². The predicted octanol–water partition coefficient (Wildman–Crippen LogP) is 2.59. The van der Waals surface area contributed by atoms with Gasteiger partial charge in [0.25, 0.3) is 0 Å². The van der Waals surface area contributed by atoms with Crippen LogP contribution in [0.25, 0.3) is 0 Å². The number of amides is 1. The summed E-state index contributed by atoms with van der Waals surface area (Å²) in [4.78, 5) is 25.8. The Bertz CT molecular complexity index is 888. The van der Waals surface area contributed by atoms with Crippen molar-refractivity contribution >= 4 is 23.2 Å². The standard InChI is InChI=1S/C23H32N6O2/c24-21-20-22(27-23(26-21)31-15-16-5-3-6-16)29(14-19(30)25-20)13-18-8-4-7-17(11-18)12-28-9-1-2-10-28/h4,7,11,16,18H,1-3,5-6,8-10,12-15H2,(H,25,30)(H2,24,26,27). The first kappa shape index (κ1) is 20.3. The number of allylic oxidation sites excluding steroid dienone is 1. The summed E-state index contributed by atoms with van der Waals surface area (Å²) in [5, 5.41) is 2.84. The average Bonchev–Trinajstić information content (AvgIpc) is 3.21. The van der Waals surface area contributed by atoms with Gasteiger partial charge >= 0.3 is 6.01 Å². The highest BCUT2D eigenvalue weighted by Crippen LogP contribution is 2.35. The number of hydrogen-bond donors (Lipinski definition) is 2. The molecule has 1 aromatic heterocycles. The predicted molar refractivity (Wildman–Crippen MR) is 121 cm³/mol. The molecule has 0 aromatic carbocycles. The quantitative estimate of drug-likeness (QED) is 0.694. The second-order valence-electron chi connectivity index (χ2n) is 9.25. The third-order valence-electron chi connectivity index (χ3n) is 6.75. The molecule has 3 heterocycles. The number of hydrogen-bond acceptors (Lipinski definition) is 7. The van der Waals surface area contributed by atoms with E-state index >= 15 is 0 Å². The zero-order chi connectivity index (χ0) is 21.2. The molecule has 1 aromatic rings. The molecule has 1 saturated heterocycles. The fraction of sp³-hybridized carbons (Fsp3) is 0.609. The lowest BCUT2D eigenvalue weighted by Crippen LogP contribution is -2.42. The van der Waals surface area contributed by atoms with Gasteiger partial charge in [0.1, 0.15) is 5.69 Å². The molecule has 2 fully saturated rings. The number of likely N-dealkylation sites (tertiary alicyclic amines) is 1. The van der Waals surface area contributed by atoms with Crippen LogP contribution in [0.1, 0.15) is 38.5 Å². The van der Waals surface area contributed by atoms with Crippen LogP contribution in [-0.4, -0.2) is 60.1 Å². The second kappa shape index (κ2) is 8.86. The van der Waals surface area contributed by atoms with Crippen molar-refractivity contribution in [2.45, 2.75) is 38.5 Å². The largest absolute Gasteiger partial charge is 0.463 e. The van der Waals surface area contributed by atoms with Gasteiger partial charge in [-0.1, -0.05) is 24.6 Å². The van der Waals surface area contributed by atoms with E-state index in [0.29, 0.717) is 42.5 Å². The van der Waals surface area contributed by atoms with E-state index in [1.807, 2.05) is 4.90 Å². The van der Waals surface area contributed by atoms with E-state index in [4.69, 9.17) is 10.5 Å². The normalized spacial score (nSPS) is 23.9. The minimum absolute atomic E-state index is 0.0847. The molecule has 2 aliphatic heterocycles. The zero-order valence-electron chi connectivity index (χ0n) is 18.1. The Morgan fingerprint density at radius 1 is 1.19 bits per heavy atom. The van der Waals surface area contributed by atoms with E-state index in [9.17, 15) is 4.79 Å². The molecule has 31 heavy (non-hydrogen) atoms. The SMILES string of the molecule is Nc1nc(OCC2CCC2)nc2c1NC(=O)CN2CC1C=C(CN2CCCC2)C=CC1. The Labute approximate surface area is 183 Å². The molecule has 2 aliphatic carbocycles. The summed E-state index contributed by atoms with van der Waals surface area (Å²) in [5.74, 6) is 1.76. The van der Waals surface area contributed by atoms with E-state index < -0.39 is 0 Å². The average molecular weight is 425 g/mol. The van der Waals surface area contributed by atoms with Crippen molar-refractivity contribution in [1.29, 1.82) is 0 Å². The molecule has 4 aliphatic rings. The van der Waals surface area contributed by atoms with Gasteiger partial charge in [-0.15, -0.1) is 0 Å².